The van der Waals surface area contributed by atoms with Gasteiger partial charge in [0.25, 0.3) is 0 Å². The van der Waals surface area contributed by atoms with Gasteiger partial charge in [0.2, 0.25) is 5.91 Å². The summed E-state index contributed by atoms with van der Waals surface area (Å²) in [4.78, 5) is 23.1. The molecule has 0 fully saturated rings. The summed E-state index contributed by atoms with van der Waals surface area (Å²) in [6.45, 7) is 1.64. The molecule has 1 aromatic rings. The molecule has 1 aliphatic heterocycles. The van der Waals surface area contributed by atoms with Gasteiger partial charge in [-0.05, 0) is 24.6 Å². The van der Waals surface area contributed by atoms with Gasteiger partial charge in [-0.3, -0.25) is 4.79 Å². The van der Waals surface area contributed by atoms with Crippen molar-refractivity contribution in [3.63, 3.8) is 0 Å². The highest BCUT2D eigenvalue weighted by Crippen LogP contribution is 2.28. The third-order valence-corrected chi connectivity index (χ3v) is 2.96. The van der Waals surface area contributed by atoms with E-state index in [-0.39, 0.29) is 6.03 Å². The van der Waals surface area contributed by atoms with Crippen molar-refractivity contribution in [2.24, 2.45) is 5.73 Å². The van der Waals surface area contributed by atoms with E-state index in [0.29, 0.717) is 17.0 Å². The van der Waals surface area contributed by atoms with Gasteiger partial charge in [0.15, 0.2) is 0 Å². The molecule has 1 aliphatic rings. The van der Waals surface area contributed by atoms with Crippen molar-refractivity contribution in [3.8, 4) is 5.75 Å². The number of primary amides is 1. The molecule has 0 radical (unpaired) electrons. The van der Waals surface area contributed by atoms with E-state index < -0.39 is 11.9 Å². The molecule has 0 aliphatic carbocycles. The Morgan fingerprint density at radius 3 is 2.79 bits per heavy atom. The molecule has 2 rings (SSSR count). The summed E-state index contributed by atoms with van der Waals surface area (Å²) in [6.07, 6.45) is 0. The highest BCUT2D eigenvalue weighted by Gasteiger charge is 2.29. The van der Waals surface area contributed by atoms with Gasteiger partial charge >= 0.3 is 6.03 Å². The van der Waals surface area contributed by atoms with E-state index in [0.717, 1.165) is 5.56 Å². The Hall–Kier alpha value is -2.50. The van der Waals surface area contributed by atoms with Crippen LogP contribution in [0.1, 0.15) is 18.5 Å². The van der Waals surface area contributed by atoms with Gasteiger partial charge in [-0.2, -0.15) is 0 Å². The van der Waals surface area contributed by atoms with E-state index in [9.17, 15) is 9.59 Å². The largest absolute Gasteiger partial charge is 0.497 e. The first kappa shape index (κ1) is 12.9. The van der Waals surface area contributed by atoms with Crippen LogP contribution in [0.4, 0.5) is 4.79 Å². The fraction of sp³-hybridized carbons (Fsp3) is 0.231. The summed E-state index contributed by atoms with van der Waals surface area (Å²) < 4.78 is 5.13. The van der Waals surface area contributed by atoms with Crippen LogP contribution < -0.4 is 21.1 Å². The van der Waals surface area contributed by atoms with E-state index in [1.165, 1.54) is 0 Å². The average Bonchev–Trinajstić information content (AvgIpc) is 2.37. The number of carbonyl (C=O) groups is 2. The van der Waals surface area contributed by atoms with Gasteiger partial charge in [0.05, 0.1) is 18.7 Å². The first-order chi connectivity index (χ1) is 9.02. The molecule has 6 heteroatoms. The lowest BCUT2D eigenvalue weighted by molar-refractivity contribution is -0.115. The van der Waals surface area contributed by atoms with Crippen molar-refractivity contribution in [1.82, 2.24) is 10.6 Å². The smallest absolute Gasteiger partial charge is 0.319 e. The molecule has 1 atom stereocenters. The molecule has 3 amide bonds. The molecular formula is C13H15N3O3. The van der Waals surface area contributed by atoms with E-state index in [1.54, 1.807) is 38.3 Å². The third-order valence-electron chi connectivity index (χ3n) is 2.96. The van der Waals surface area contributed by atoms with Crippen molar-refractivity contribution < 1.29 is 14.3 Å². The van der Waals surface area contributed by atoms with E-state index >= 15 is 0 Å². The maximum Gasteiger partial charge on any atom is 0.319 e. The monoisotopic (exact) mass is 261 g/mol. The SMILES string of the molecule is COc1cccc([C@H]2NC(=O)NC(C)=C2C(N)=O)c1. The maximum atomic E-state index is 11.6. The molecule has 19 heavy (non-hydrogen) atoms. The number of amides is 3. The summed E-state index contributed by atoms with van der Waals surface area (Å²) in [5.74, 6) is 0.0737. The number of allylic oxidation sites excluding steroid dienone is 1. The Labute approximate surface area is 110 Å². The minimum atomic E-state index is -0.571. The zero-order valence-electron chi connectivity index (χ0n) is 10.7. The van der Waals surface area contributed by atoms with E-state index in [4.69, 9.17) is 10.5 Å². The first-order valence-corrected chi connectivity index (χ1v) is 5.75. The molecule has 0 saturated carbocycles. The van der Waals surface area contributed by atoms with Gasteiger partial charge in [-0.25, -0.2) is 4.79 Å². The Bertz CT molecular complexity index is 566. The fourth-order valence-corrected chi connectivity index (χ4v) is 2.09. The number of hydrogen-bond acceptors (Lipinski definition) is 3. The van der Waals surface area contributed by atoms with Gasteiger partial charge < -0.3 is 21.1 Å². The lowest BCUT2D eigenvalue weighted by Gasteiger charge is -2.27. The Morgan fingerprint density at radius 2 is 2.16 bits per heavy atom. The number of hydrogen-bond donors (Lipinski definition) is 3. The molecule has 0 saturated heterocycles. The van der Waals surface area contributed by atoms with Crippen LogP contribution in [0.15, 0.2) is 35.5 Å². The zero-order chi connectivity index (χ0) is 14.0. The molecule has 100 valence electrons. The predicted molar refractivity (Wildman–Crippen MR) is 69.3 cm³/mol. The quantitative estimate of drug-likeness (QED) is 0.751. The summed E-state index contributed by atoms with van der Waals surface area (Å²) >= 11 is 0. The Morgan fingerprint density at radius 1 is 1.42 bits per heavy atom. The number of nitrogens with one attached hydrogen (secondary N) is 2. The second kappa shape index (κ2) is 5.01. The van der Waals surface area contributed by atoms with Crippen LogP contribution in [-0.2, 0) is 4.79 Å². The second-order valence-electron chi connectivity index (χ2n) is 4.21. The van der Waals surface area contributed by atoms with Crippen molar-refractivity contribution in [2.45, 2.75) is 13.0 Å². The molecule has 1 aromatic carbocycles. The topological polar surface area (TPSA) is 93.4 Å². The lowest BCUT2D eigenvalue weighted by Crippen LogP contribution is -2.46. The number of carbonyl (C=O) groups excluding carboxylic acids is 2. The van der Waals surface area contributed by atoms with Gasteiger partial charge in [0.1, 0.15) is 5.75 Å². The lowest BCUT2D eigenvalue weighted by atomic mass is 9.95. The van der Waals surface area contributed by atoms with Crippen LogP contribution in [0.5, 0.6) is 5.75 Å². The number of rotatable bonds is 3. The van der Waals surface area contributed by atoms with Crippen LogP contribution in [0, 0.1) is 0 Å². The summed E-state index contributed by atoms with van der Waals surface area (Å²) in [5.41, 5.74) is 6.92. The Kier molecular flexibility index (Phi) is 3.41. The molecule has 0 aromatic heterocycles. The minimum Gasteiger partial charge on any atom is -0.497 e. The molecule has 0 bridgehead atoms. The number of nitrogens with two attached hydrogens (primary N) is 1. The van der Waals surface area contributed by atoms with Crippen LogP contribution >= 0.6 is 0 Å². The van der Waals surface area contributed by atoms with Crippen molar-refractivity contribution in [3.05, 3.63) is 41.1 Å². The highest BCUT2D eigenvalue weighted by atomic mass is 16.5. The molecule has 1 heterocycles. The number of ether oxygens (including phenoxy) is 1. The average molecular weight is 261 g/mol. The zero-order valence-corrected chi connectivity index (χ0v) is 10.7. The fourth-order valence-electron chi connectivity index (χ4n) is 2.09. The predicted octanol–water partition coefficient (Wildman–Crippen LogP) is 0.808. The Balaban J connectivity index is 2.48. The molecular weight excluding hydrogens is 246 g/mol. The van der Waals surface area contributed by atoms with Crippen molar-refractivity contribution >= 4 is 11.9 Å². The van der Waals surface area contributed by atoms with Crippen LogP contribution in [0.25, 0.3) is 0 Å². The van der Waals surface area contributed by atoms with Crippen LogP contribution in [0.3, 0.4) is 0 Å². The van der Waals surface area contributed by atoms with E-state index in [1.807, 2.05) is 0 Å². The molecule has 4 N–H and O–H groups in total. The first-order valence-electron chi connectivity index (χ1n) is 5.75. The van der Waals surface area contributed by atoms with Crippen molar-refractivity contribution in [1.29, 1.82) is 0 Å². The van der Waals surface area contributed by atoms with Gasteiger partial charge in [-0.15, -0.1) is 0 Å². The highest BCUT2D eigenvalue weighted by molar-refractivity contribution is 5.97. The van der Waals surface area contributed by atoms with Crippen LogP contribution in [-0.4, -0.2) is 19.0 Å². The molecule has 6 nitrogen and oxygen atoms in total. The number of benzene rings is 1. The summed E-state index contributed by atoms with van der Waals surface area (Å²) in [7, 11) is 1.55. The maximum absolute atomic E-state index is 11.6. The minimum absolute atomic E-state index is 0.341. The molecule has 0 unspecified atom stereocenters. The molecule has 0 spiro atoms. The summed E-state index contributed by atoms with van der Waals surface area (Å²) in [6, 6.07) is 6.20. The van der Waals surface area contributed by atoms with E-state index in [2.05, 4.69) is 10.6 Å². The number of methoxy groups -OCH3 is 1. The second-order valence-corrected chi connectivity index (χ2v) is 4.21. The van der Waals surface area contributed by atoms with Crippen molar-refractivity contribution in [2.75, 3.05) is 7.11 Å². The normalized spacial score (nSPS) is 18.6. The van der Waals surface area contributed by atoms with Crippen LogP contribution in [0.2, 0.25) is 0 Å². The standard InChI is InChI=1S/C13H15N3O3/c1-7-10(12(14)17)11(16-13(18)15-7)8-4-3-5-9(6-8)19-2/h3-6,11H,1-2H3,(H2,14,17)(H2,15,16,18)/t11-/m1/s1. The van der Waals surface area contributed by atoms with Gasteiger partial charge in [0, 0.05) is 5.70 Å². The third kappa shape index (κ3) is 2.52. The summed E-state index contributed by atoms with van der Waals surface area (Å²) in [5, 5.41) is 5.22. The van der Waals surface area contributed by atoms with Gasteiger partial charge in [-0.1, -0.05) is 12.1 Å². The number of urea groups is 1.